The summed E-state index contributed by atoms with van der Waals surface area (Å²) in [5.74, 6) is -1.34. The highest BCUT2D eigenvalue weighted by Gasteiger charge is 2.19. The maximum atomic E-state index is 12.2. The summed E-state index contributed by atoms with van der Waals surface area (Å²) in [7, 11) is 0. The van der Waals surface area contributed by atoms with Crippen LogP contribution in [0.2, 0.25) is 0 Å². The molecule has 0 bridgehead atoms. The largest absolute Gasteiger partial charge is 0.478 e. The van der Waals surface area contributed by atoms with Gasteiger partial charge in [-0.1, -0.05) is 6.92 Å². The van der Waals surface area contributed by atoms with Crippen LogP contribution in [0.1, 0.15) is 43.1 Å². The molecule has 2 heterocycles. The van der Waals surface area contributed by atoms with Crippen molar-refractivity contribution < 1.29 is 14.7 Å². The van der Waals surface area contributed by atoms with Gasteiger partial charge in [0, 0.05) is 16.8 Å². The number of hydrogen-bond donors (Lipinski definition) is 3. The first-order valence-electron chi connectivity index (χ1n) is 6.26. The molecule has 0 saturated carbocycles. The first-order valence-corrected chi connectivity index (χ1v) is 7.07. The lowest BCUT2D eigenvalue weighted by molar-refractivity contribution is 0.0697. The monoisotopic (exact) mass is 292 g/mol. The van der Waals surface area contributed by atoms with Gasteiger partial charge >= 0.3 is 5.97 Å². The number of aromatic amines is 1. The predicted octanol–water partition coefficient (Wildman–Crippen LogP) is 3.21. The van der Waals surface area contributed by atoms with E-state index in [1.165, 1.54) is 17.5 Å². The summed E-state index contributed by atoms with van der Waals surface area (Å²) in [6.07, 6.45) is 2.37. The number of carboxylic acids is 1. The molecule has 0 radical (unpaired) electrons. The molecule has 0 aliphatic carbocycles. The first kappa shape index (κ1) is 14.3. The lowest BCUT2D eigenvalue weighted by atomic mass is 10.2. The molecule has 0 aliphatic heterocycles. The summed E-state index contributed by atoms with van der Waals surface area (Å²) in [5, 5.41) is 11.8. The van der Waals surface area contributed by atoms with Crippen LogP contribution in [0, 0.1) is 13.8 Å². The van der Waals surface area contributed by atoms with E-state index in [2.05, 4.69) is 10.3 Å². The highest BCUT2D eigenvalue weighted by atomic mass is 32.1. The SMILES string of the molecule is CCc1cc(C(=O)Nc2c[nH]c(C)c2C(=O)O)sc1C. The number of aromatic carboxylic acids is 1. The van der Waals surface area contributed by atoms with Gasteiger partial charge in [-0.25, -0.2) is 4.79 Å². The van der Waals surface area contributed by atoms with E-state index in [0.29, 0.717) is 16.3 Å². The number of rotatable bonds is 4. The Hall–Kier alpha value is -2.08. The second-order valence-electron chi connectivity index (χ2n) is 4.51. The Bertz CT molecular complexity index is 670. The molecule has 0 aromatic carbocycles. The Balaban J connectivity index is 2.25. The van der Waals surface area contributed by atoms with E-state index in [1.807, 2.05) is 19.9 Å². The summed E-state index contributed by atoms with van der Waals surface area (Å²) in [6, 6.07) is 1.86. The Morgan fingerprint density at radius 1 is 1.40 bits per heavy atom. The molecule has 0 aliphatic rings. The summed E-state index contributed by atoms with van der Waals surface area (Å²) < 4.78 is 0. The molecule has 0 unspecified atom stereocenters. The van der Waals surface area contributed by atoms with Gasteiger partial charge in [-0.2, -0.15) is 0 Å². The van der Waals surface area contributed by atoms with Crippen molar-refractivity contribution in [2.45, 2.75) is 27.2 Å². The van der Waals surface area contributed by atoms with E-state index in [9.17, 15) is 9.59 Å². The van der Waals surface area contributed by atoms with E-state index in [1.54, 1.807) is 6.92 Å². The molecule has 2 rings (SSSR count). The fourth-order valence-electron chi connectivity index (χ4n) is 2.07. The molecule has 6 heteroatoms. The number of carbonyl (C=O) groups excluding carboxylic acids is 1. The van der Waals surface area contributed by atoms with Crippen LogP contribution in [0.15, 0.2) is 12.3 Å². The minimum Gasteiger partial charge on any atom is -0.478 e. The van der Waals surface area contributed by atoms with Crippen LogP contribution >= 0.6 is 11.3 Å². The lowest BCUT2D eigenvalue weighted by Gasteiger charge is -2.02. The minimum absolute atomic E-state index is 0.0994. The van der Waals surface area contributed by atoms with Gasteiger partial charge < -0.3 is 15.4 Å². The van der Waals surface area contributed by atoms with Crippen LogP contribution in [0.4, 0.5) is 5.69 Å². The molecule has 0 fully saturated rings. The maximum Gasteiger partial charge on any atom is 0.339 e. The highest BCUT2D eigenvalue weighted by Crippen LogP contribution is 2.25. The number of amides is 1. The van der Waals surface area contributed by atoms with Crippen LogP contribution < -0.4 is 5.32 Å². The number of nitrogens with one attached hydrogen (secondary N) is 2. The second-order valence-corrected chi connectivity index (χ2v) is 5.76. The number of carboxylic acid groups (broad SMARTS) is 1. The average Bonchev–Trinajstić information content (AvgIpc) is 2.92. The van der Waals surface area contributed by atoms with E-state index in [4.69, 9.17) is 5.11 Å². The summed E-state index contributed by atoms with van der Waals surface area (Å²) >= 11 is 1.42. The van der Waals surface area contributed by atoms with Gasteiger partial charge in [-0.3, -0.25) is 4.79 Å². The van der Waals surface area contributed by atoms with Crippen LogP contribution in [0.3, 0.4) is 0 Å². The molecule has 2 aromatic heterocycles. The molecule has 1 amide bonds. The lowest BCUT2D eigenvalue weighted by Crippen LogP contribution is -2.12. The summed E-state index contributed by atoms with van der Waals surface area (Å²) in [4.78, 5) is 27.8. The molecule has 0 spiro atoms. The molecule has 106 valence electrons. The van der Waals surface area contributed by atoms with Crippen molar-refractivity contribution in [3.8, 4) is 0 Å². The van der Waals surface area contributed by atoms with Crippen molar-refractivity contribution in [1.82, 2.24) is 4.98 Å². The van der Waals surface area contributed by atoms with Crippen molar-refractivity contribution in [1.29, 1.82) is 0 Å². The third-order valence-corrected chi connectivity index (χ3v) is 4.26. The summed E-state index contributed by atoms with van der Waals surface area (Å²) in [6.45, 7) is 5.67. The van der Waals surface area contributed by atoms with E-state index < -0.39 is 5.97 Å². The number of aromatic nitrogens is 1. The first-order chi connectivity index (χ1) is 9.43. The number of thiophene rings is 1. The maximum absolute atomic E-state index is 12.2. The molecule has 3 N–H and O–H groups in total. The smallest absolute Gasteiger partial charge is 0.339 e. The highest BCUT2D eigenvalue weighted by molar-refractivity contribution is 7.14. The van der Waals surface area contributed by atoms with Gasteiger partial charge in [0.25, 0.3) is 5.91 Å². The fraction of sp³-hybridized carbons (Fsp3) is 0.286. The van der Waals surface area contributed by atoms with Gasteiger partial charge in [0.15, 0.2) is 0 Å². The average molecular weight is 292 g/mol. The zero-order valence-corrected chi connectivity index (χ0v) is 12.4. The van der Waals surface area contributed by atoms with Crippen LogP contribution in [-0.2, 0) is 6.42 Å². The zero-order valence-electron chi connectivity index (χ0n) is 11.5. The van der Waals surface area contributed by atoms with E-state index in [-0.39, 0.29) is 11.5 Å². The van der Waals surface area contributed by atoms with Crippen molar-refractivity contribution in [3.63, 3.8) is 0 Å². The zero-order chi connectivity index (χ0) is 14.9. The number of anilines is 1. The standard InChI is InChI=1S/C14H16N2O3S/c1-4-9-5-11(20-8(9)3)13(17)16-10-6-15-7(2)12(10)14(18)19/h5-6,15H,4H2,1-3H3,(H,16,17)(H,18,19). The molecule has 5 nitrogen and oxygen atoms in total. The number of hydrogen-bond acceptors (Lipinski definition) is 3. The quantitative estimate of drug-likeness (QED) is 0.809. The Morgan fingerprint density at radius 3 is 2.65 bits per heavy atom. The second kappa shape index (κ2) is 5.50. The molecule has 0 atom stereocenters. The van der Waals surface area contributed by atoms with Gasteiger partial charge in [-0.05, 0) is 31.9 Å². The van der Waals surface area contributed by atoms with Gasteiger partial charge in [0.05, 0.1) is 10.6 Å². The molecule has 2 aromatic rings. The third kappa shape index (κ3) is 2.60. The van der Waals surface area contributed by atoms with Crippen LogP contribution in [-0.4, -0.2) is 22.0 Å². The Labute approximate surface area is 120 Å². The fourth-order valence-corrected chi connectivity index (χ4v) is 3.08. The third-order valence-electron chi connectivity index (χ3n) is 3.16. The van der Waals surface area contributed by atoms with Crippen molar-refractivity contribution in [2.24, 2.45) is 0 Å². The van der Waals surface area contributed by atoms with Crippen LogP contribution in [0.25, 0.3) is 0 Å². The minimum atomic E-state index is -1.06. The topological polar surface area (TPSA) is 82.2 Å². The predicted molar refractivity (Wildman–Crippen MR) is 78.9 cm³/mol. The Kier molecular flexibility index (Phi) is 3.94. The number of aryl methyl sites for hydroxylation is 3. The molecular formula is C14H16N2O3S. The number of carbonyl (C=O) groups is 2. The van der Waals surface area contributed by atoms with Crippen molar-refractivity contribution in [3.05, 3.63) is 38.8 Å². The summed E-state index contributed by atoms with van der Waals surface area (Å²) in [5.41, 5.74) is 2.06. The molecule has 0 saturated heterocycles. The van der Waals surface area contributed by atoms with Crippen LogP contribution in [0.5, 0.6) is 0 Å². The van der Waals surface area contributed by atoms with Crippen molar-refractivity contribution in [2.75, 3.05) is 5.32 Å². The molecular weight excluding hydrogens is 276 g/mol. The molecule has 20 heavy (non-hydrogen) atoms. The van der Waals surface area contributed by atoms with Gasteiger partial charge in [0.1, 0.15) is 5.56 Å². The van der Waals surface area contributed by atoms with Gasteiger partial charge in [-0.15, -0.1) is 11.3 Å². The number of H-pyrrole nitrogens is 1. The van der Waals surface area contributed by atoms with E-state index >= 15 is 0 Å². The van der Waals surface area contributed by atoms with Gasteiger partial charge in [0.2, 0.25) is 0 Å². The Morgan fingerprint density at radius 2 is 2.10 bits per heavy atom. The van der Waals surface area contributed by atoms with E-state index in [0.717, 1.165) is 16.9 Å². The normalized spacial score (nSPS) is 10.6. The van der Waals surface area contributed by atoms with Crippen molar-refractivity contribution >= 4 is 28.9 Å².